The third-order valence-corrected chi connectivity index (χ3v) is 11.2. The minimum absolute atomic E-state index is 0.210. The van der Waals surface area contributed by atoms with Gasteiger partial charge >= 0.3 is 0 Å². The molecule has 8 rings (SSSR count). The molecule has 0 bridgehead atoms. The molecule has 0 saturated heterocycles. The molecule has 0 aromatic heterocycles. The lowest BCUT2D eigenvalue weighted by atomic mass is 10.1. The van der Waals surface area contributed by atoms with E-state index in [1.807, 2.05) is 152 Å². The van der Waals surface area contributed by atoms with Gasteiger partial charge in [-0.05, 0) is 137 Å². The molecule has 12 heteroatoms. The SMILES string of the molecule is COc1ccc(N(Cc2ccccc2)C(=O)c2cccc(C(=O)N(Cc3ccccc3)c3ccc(OC)cc3)c2)cc1.COc1ccc(NCc2ccccc2)cc1.O=C(Cl)c1cccc(C(=O)Cl)c1. The van der Waals surface area contributed by atoms with Crippen LogP contribution in [0.4, 0.5) is 17.1 Å². The van der Waals surface area contributed by atoms with Gasteiger partial charge in [0, 0.05) is 45.9 Å². The van der Waals surface area contributed by atoms with Gasteiger partial charge in [0.1, 0.15) is 17.2 Å². The van der Waals surface area contributed by atoms with Gasteiger partial charge in [0.05, 0.1) is 34.4 Å². The summed E-state index contributed by atoms with van der Waals surface area (Å²) in [6, 6.07) is 65.5. The second-order valence-corrected chi connectivity index (χ2v) is 16.1. The Hall–Kier alpha value is -8.18. The van der Waals surface area contributed by atoms with Crippen LogP contribution in [0.3, 0.4) is 0 Å². The summed E-state index contributed by atoms with van der Waals surface area (Å²) in [6.07, 6.45) is 0. The molecular formula is C58H51Cl2N3O7. The number of carbonyl (C=O) groups excluding carboxylic acids is 4. The van der Waals surface area contributed by atoms with Crippen molar-refractivity contribution in [2.75, 3.05) is 36.4 Å². The number of hydrogen-bond acceptors (Lipinski definition) is 8. The van der Waals surface area contributed by atoms with Crippen molar-refractivity contribution in [1.82, 2.24) is 0 Å². The Balaban J connectivity index is 0.000000232. The highest BCUT2D eigenvalue weighted by Crippen LogP contribution is 2.27. The molecule has 0 unspecified atom stereocenters. The Morgan fingerprint density at radius 3 is 1.09 bits per heavy atom. The van der Waals surface area contributed by atoms with Crippen molar-refractivity contribution in [3.63, 3.8) is 0 Å². The first-order chi connectivity index (χ1) is 34.0. The summed E-state index contributed by atoms with van der Waals surface area (Å²) in [6.45, 7) is 1.58. The van der Waals surface area contributed by atoms with E-state index in [0.29, 0.717) is 35.7 Å². The number of halogens is 2. The van der Waals surface area contributed by atoms with Gasteiger partial charge in [0.15, 0.2) is 0 Å². The minimum Gasteiger partial charge on any atom is -0.497 e. The van der Waals surface area contributed by atoms with Crippen molar-refractivity contribution in [2.45, 2.75) is 19.6 Å². The summed E-state index contributed by atoms with van der Waals surface area (Å²) in [4.78, 5) is 52.8. The highest BCUT2D eigenvalue weighted by Gasteiger charge is 2.23. The molecular weight excluding hydrogens is 922 g/mol. The van der Waals surface area contributed by atoms with Gasteiger partial charge in [-0.1, -0.05) is 115 Å². The molecule has 8 aromatic rings. The van der Waals surface area contributed by atoms with E-state index in [4.69, 9.17) is 37.4 Å². The molecule has 0 heterocycles. The molecule has 70 heavy (non-hydrogen) atoms. The van der Waals surface area contributed by atoms with E-state index in [9.17, 15) is 19.2 Å². The Kier molecular flexibility index (Phi) is 19.3. The van der Waals surface area contributed by atoms with Crippen LogP contribution in [0.1, 0.15) is 58.1 Å². The average molecular weight is 973 g/mol. The maximum absolute atomic E-state index is 14.0. The molecule has 8 aromatic carbocycles. The molecule has 0 aliphatic carbocycles. The van der Waals surface area contributed by atoms with Crippen LogP contribution in [-0.2, 0) is 19.6 Å². The van der Waals surface area contributed by atoms with Gasteiger partial charge in [-0.3, -0.25) is 19.2 Å². The third-order valence-electron chi connectivity index (χ3n) is 10.7. The number of rotatable bonds is 16. The van der Waals surface area contributed by atoms with Crippen molar-refractivity contribution in [3.8, 4) is 17.2 Å². The lowest BCUT2D eigenvalue weighted by Gasteiger charge is -2.25. The Bertz CT molecular complexity index is 2770. The van der Waals surface area contributed by atoms with Crippen molar-refractivity contribution >= 4 is 62.6 Å². The van der Waals surface area contributed by atoms with E-state index in [2.05, 4.69) is 17.4 Å². The first-order valence-corrected chi connectivity index (χ1v) is 22.8. The lowest BCUT2D eigenvalue weighted by Crippen LogP contribution is -2.32. The molecule has 10 nitrogen and oxygen atoms in total. The first-order valence-electron chi connectivity index (χ1n) is 22.1. The van der Waals surface area contributed by atoms with Crippen LogP contribution in [0.5, 0.6) is 17.2 Å². The van der Waals surface area contributed by atoms with Crippen LogP contribution in [-0.4, -0.2) is 43.6 Å². The van der Waals surface area contributed by atoms with Gasteiger partial charge in [-0.25, -0.2) is 0 Å². The zero-order chi connectivity index (χ0) is 49.7. The highest BCUT2D eigenvalue weighted by molar-refractivity contribution is 6.69. The monoisotopic (exact) mass is 971 g/mol. The molecule has 0 fully saturated rings. The third kappa shape index (κ3) is 15.2. The molecule has 0 spiro atoms. The average Bonchev–Trinajstić information content (AvgIpc) is 3.42. The number of nitrogens with one attached hydrogen (secondary N) is 1. The second-order valence-electron chi connectivity index (χ2n) is 15.4. The molecule has 0 aliphatic heterocycles. The van der Waals surface area contributed by atoms with Crippen molar-refractivity contribution in [2.24, 2.45) is 0 Å². The van der Waals surface area contributed by atoms with Crippen LogP contribution in [0.25, 0.3) is 0 Å². The number of amides is 2. The number of ether oxygens (including phenoxy) is 3. The number of carbonyl (C=O) groups is 4. The molecule has 0 saturated carbocycles. The van der Waals surface area contributed by atoms with Gasteiger partial charge in [-0.2, -0.15) is 0 Å². The summed E-state index contributed by atoms with van der Waals surface area (Å²) >= 11 is 10.4. The number of methoxy groups -OCH3 is 3. The summed E-state index contributed by atoms with van der Waals surface area (Å²) in [5.41, 5.74) is 7.18. The zero-order valence-corrected chi connectivity index (χ0v) is 40.3. The van der Waals surface area contributed by atoms with E-state index in [-0.39, 0.29) is 22.9 Å². The van der Waals surface area contributed by atoms with Crippen molar-refractivity contribution in [3.05, 3.63) is 251 Å². The van der Waals surface area contributed by atoms with E-state index < -0.39 is 10.5 Å². The van der Waals surface area contributed by atoms with E-state index in [1.54, 1.807) is 61.5 Å². The maximum Gasteiger partial charge on any atom is 0.258 e. The fourth-order valence-corrected chi connectivity index (χ4v) is 7.22. The molecule has 354 valence electrons. The van der Waals surface area contributed by atoms with Gasteiger partial charge in [-0.15, -0.1) is 0 Å². The molecule has 0 radical (unpaired) electrons. The standard InChI is InChI=1S/C36H32N2O4.C14H15NO.C8H4Cl2O2/c1-41-33-20-16-31(17-21-33)37(25-27-10-5-3-6-11-27)35(39)29-14-9-15-30(24-29)36(40)38(26-28-12-7-4-8-13-28)32-18-22-34(42-2)23-19-32;1-16-14-9-7-13(8-10-14)15-11-12-5-3-2-4-6-12;9-7(11)5-2-1-3-6(4-5)8(10)12/h3-24H,25-26H2,1-2H3;2-10,15H,11H2,1H3;1-4H. The number of hydrogen-bond donors (Lipinski definition) is 1. The normalized spacial score (nSPS) is 10.2. The van der Waals surface area contributed by atoms with Crippen LogP contribution in [0.15, 0.2) is 212 Å². The van der Waals surface area contributed by atoms with E-state index in [0.717, 1.165) is 40.5 Å². The number of benzene rings is 8. The van der Waals surface area contributed by atoms with Crippen LogP contribution < -0.4 is 29.3 Å². The molecule has 2 amide bonds. The summed E-state index contributed by atoms with van der Waals surface area (Å²) in [5, 5.41) is 2.15. The van der Waals surface area contributed by atoms with Crippen LogP contribution >= 0.6 is 23.2 Å². The Morgan fingerprint density at radius 1 is 0.400 bits per heavy atom. The van der Waals surface area contributed by atoms with E-state index in [1.165, 1.54) is 23.8 Å². The summed E-state index contributed by atoms with van der Waals surface area (Å²) < 4.78 is 15.7. The minimum atomic E-state index is -0.602. The quantitative estimate of drug-likeness (QED) is 0.0952. The maximum atomic E-state index is 14.0. The Morgan fingerprint density at radius 2 is 0.729 bits per heavy atom. The van der Waals surface area contributed by atoms with Crippen LogP contribution in [0.2, 0.25) is 0 Å². The van der Waals surface area contributed by atoms with Gasteiger partial charge < -0.3 is 29.3 Å². The molecule has 0 atom stereocenters. The fourth-order valence-electron chi connectivity index (χ4n) is 6.99. The predicted molar refractivity (Wildman–Crippen MR) is 280 cm³/mol. The topological polar surface area (TPSA) is 114 Å². The largest absolute Gasteiger partial charge is 0.497 e. The summed E-state index contributed by atoms with van der Waals surface area (Å²) in [5.74, 6) is 1.87. The second kappa shape index (κ2) is 26.4. The highest BCUT2D eigenvalue weighted by atomic mass is 35.5. The smallest absolute Gasteiger partial charge is 0.258 e. The van der Waals surface area contributed by atoms with Crippen LogP contribution in [0, 0.1) is 0 Å². The zero-order valence-electron chi connectivity index (χ0n) is 38.8. The fraction of sp³-hybridized carbons (Fsp3) is 0.103. The van der Waals surface area contributed by atoms with Crippen molar-refractivity contribution in [1.29, 1.82) is 0 Å². The molecule has 1 N–H and O–H groups in total. The first kappa shape index (κ1) is 51.2. The number of anilines is 3. The van der Waals surface area contributed by atoms with Gasteiger partial charge in [0.2, 0.25) is 0 Å². The number of nitrogens with zero attached hydrogens (tertiary/aromatic N) is 2. The Labute approximate surface area is 418 Å². The van der Waals surface area contributed by atoms with Gasteiger partial charge in [0.25, 0.3) is 22.3 Å². The predicted octanol–water partition coefficient (Wildman–Crippen LogP) is 13.1. The van der Waals surface area contributed by atoms with Crippen molar-refractivity contribution < 1.29 is 33.4 Å². The van der Waals surface area contributed by atoms with E-state index >= 15 is 0 Å². The molecule has 0 aliphatic rings. The lowest BCUT2D eigenvalue weighted by molar-refractivity contribution is 0.0983. The summed E-state index contributed by atoms with van der Waals surface area (Å²) in [7, 11) is 4.89.